The number of likely N-dealkylation sites (tertiary alicyclic amines) is 1. The molecule has 1 saturated heterocycles. The van der Waals surface area contributed by atoms with Crippen LogP contribution in [0.3, 0.4) is 0 Å². The maximum Gasteiger partial charge on any atom is 0.269 e. The molecule has 3 aromatic carbocycles. The predicted octanol–water partition coefficient (Wildman–Crippen LogP) is 5.77. The number of β-amino-alcohol motifs (C(OH)–C–C–N with tert-alkyl or cyclic N) is 1. The molecule has 39 heavy (non-hydrogen) atoms. The summed E-state index contributed by atoms with van der Waals surface area (Å²) in [4.78, 5) is 16.9. The van der Waals surface area contributed by atoms with Crippen LogP contribution in [0.1, 0.15) is 48.7 Å². The molecule has 1 atom stereocenters. The van der Waals surface area contributed by atoms with Gasteiger partial charge in [-0.15, -0.1) is 0 Å². The third-order valence-corrected chi connectivity index (χ3v) is 7.81. The fourth-order valence-electron chi connectivity index (χ4n) is 5.80. The molecule has 1 aliphatic rings. The van der Waals surface area contributed by atoms with Gasteiger partial charge in [0.05, 0.1) is 5.52 Å². The highest BCUT2D eigenvalue weighted by Gasteiger charge is 2.24. The Hall–Kier alpha value is -3.35. The third kappa shape index (κ3) is 6.13. The molecule has 206 valence electrons. The zero-order chi connectivity index (χ0) is 27.5. The molecule has 1 amide bonds. The number of piperidine rings is 1. The van der Waals surface area contributed by atoms with Crippen LogP contribution in [0.5, 0.6) is 5.75 Å². The van der Waals surface area contributed by atoms with Gasteiger partial charge in [-0.2, -0.15) is 0 Å². The number of hydrogen-bond acceptors (Lipinski definition) is 4. The van der Waals surface area contributed by atoms with Gasteiger partial charge in [-0.05, 0) is 72.3 Å². The minimum atomic E-state index is -0.585. The van der Waals surface area contributed by atoms with Gasteiger partial charge in [0.15, 0.2) is 0 Å². The Morgan fingerprint density at radius 2 is 1.72 bits per heavy atom. The molecule has 6 heteroatoms. The van der Waals surface area contributed by atoms with Crippen LogP contribution >= 0.6 is 0 Å². The van der Waals surface area contributed by atoms with Crippen molar-refractivity contribution in [1.82, 2.24) is 14.4 Å². The topological polar surface area (TPSA) is 57.9 Å². The van der Waals surface area contributed by atoms with Crippen molar-refractivity contribution in [3.05, 3.63) is 78.0 Å². The van der Waals surface area contributed by atoms with Crippen LogP contribution in [0.2, 0.25) is 0 Å². The van der Waals surface area contributed by atoms with Crippen LogP contribution in [0.15, 0.2) is 66.7 Å². The normalized spacial score (nSPS) is 15.7. The first-order valence-corrected chi connectivity index (χ1v) is 14.2. The van der Waals surface area contributed by atoms with E-state index >= 15 is 0 Å². The second-order valence-electron chi connectivity index (χ2n) is 11.6. The van der Waals surface area contributed by atoms with E-state index in [0.717, 1.165) is 43.4 Å². The number of aliphatic hydroxyl groups is 1. The number of aromatic nitrogens is 1. The molecule has 0 spiro atoms. The van der Waals surface area contributed by atoms with Gasteiger partial charge >= 0.3 is 0 Å². The number of nitrogens with zero attached hydrogens (tertiary/aromatic N) is 3. The molecule has 5 rings (SSSR count). The standard InChI is InChI=1S/C33H41N3O3/c1-23(2)20-36-30-10-7-11-32(29(30)19-31(36)33(38)34(3)4)39-22-28(37)21-35-16-14-25(15-17-35)27-13-12-24-8-5-6-9-26(24)18-27/h5-13,18-19,23,25,28,37H,14-17,20-22H2,1-4H3. The lowest BCUT2D eigenvalue weighted by molar-refractivity contribution is 0.0599. The second-order valence-corrected chi connectivity index (χ2v) is 11.6. The van der Waals surface area contributed by atoms with E-state index in [-0.39, 0.29) is 12.5 Å². The molecular formula is C33H41N3O3. The number of fused-ring (bicyclic) bond motifs is 2. The Morgan fingerprint density at radius 3 is 2.44 bits per heavy atom. The summed E-state index contributed by atoms with van der Waals surface area (Å²) in [5, 5.41) is 14.3. The average molecular weight is 528 g/mol. The molecule has 0 aliphatic carbocycles. The van der Waals surface area contributed by atoms with Crippen LogP contribution in [0.4, 0.5) is 0 Å². The number of benzene rings is 3. The van der Waals surface area contributed by atoms with E-state index in [9.17, 15) is 9.90 Å². The van der Waals surface area contributed by atoms with E-state index < -0.39 is 6.10 Å². The van der Waals surface area contributed by atoms with Crippen molar-refractivity contribution >= 4 is 27.6 Å². The number of rotatable bonds is 9. The van der Waals surface area contributed by atoms with Crippen molar-refractivity contribution in [2.75, 3.05) is 40.3 Å². The molecule has 1 fully saturated rings. The van der Waals surface area contributed by atoms with E-state index in [1.807, 2.05) is 24.3 Å². The summed E-state index contributed by atoms with van der Waals surface area (Å²) in [5.74, 6) is 1.64. The van der Waals surface area contributed by atoms with Crippen molar-refractivity contribution in [3.63, 3.8) is 0 Å². The Kier molecular flexibility index (Phi) is 8.24. The summed E-state index contributed by atoms with van der Waals surface area (Å²) in [6.45, 7) is 7.80. The quantitative estimate of drug-likeness (QED) is 0.300. The summed E-state index contributed by atoms with van der Waals surface area (Å²) < 4.78 is 8.24. The Bertz CT molecular complexity index is 1430. The largest absolute Gasteiger partial charge is 0.490 e. The summed E-state index contributed by atoms with van der Waals surface area (Å²) in [5.41, 5.74) is 3.06. The summed E-state index contributed by atoms with van der Waals surface area (Å²) in [6.07, 6.45) is 1.60. The SMILES string of the molecule is CC(C)Cn1c(C(=O)N(C)C)cc2c(OCC(O)CN3CCC(c4ccc5ccccc5c4)CC3)cccc21. The smallest absolute Gasteiger partial charge is 0.269 e. The lowest BCUT2D eigenvalue weighted by Crippen LogP contribution is -2.40. The van der Waals surface area contributed by atoms with Crippen molar-refractivity contribution in [2.45, 2.75) is 45.3 Å². The predicted molar refractivity (Wildman–Crippen MR) is 159 cm³/mol. The van der Waals surface area contributed by atoms with Gasteiger partial charge in [0.2, 0.25) is 0 Å². The third-order valence-electron chi connectivity index (χ3n) is 7.81. The first-order chi connectivity index (χ1) is 18.8. The molecular weight excluding hydrogens is 486 g/mol. The molecule has 1 aliphatic heterocycles. The number of aliphatic hydroxyl groups excluding tert-OH is 1. The fraction of sp³-hybridized carbons (Fsp3) is 0.424. The molecule has 1 aromatic heterocycles. The van der Waals surface area contributed by atoms with E-state index in [4.69, 9.17) is 4.74 Å². The molecule has 6 nitrogen and oxygen atoms in total. The van der Waals surface area contributed by atoms with E-state index in [1.165, 1.54) is 16.3 Å². The fourth-order valence-corrected chi connectivity index (χ4v) is 5.80. The summed E-state index contributed by atoms with van der Waals surface area (Å²) >= 11 is 0. The van der Waals surface area contributed by atoms with E-state index in [1.54, 1.807) is 19.0 Å². The van der Waals surface area contributed by atoms with Crippen LogP contribution in [-0.2, 0) is 6.54 Å². The Balaban J connectivity index is 1.20. The summed E-state index contributed by atoms with van der Waals surface area (Å²) in [6, 6.07) is 23.2. The van der Waals surface area contributed by atoms with Gasteiger partial charge in [-0.1, -0.05) is 62.4 Å². The number of carbonyl (C=O) groups is 1. The van der Waals surface area contributed by atoms with Gasteiger partial charge in [-0.3, -0.25) is 4.79 Å². The van der Waals surface area contributed by atoms with Gasteiger partial charge in [0.25, 0.3) is 5.91 Å². The lowest BCUT2D eigenvalue weighted by Gasteiger charge is -2.33. The highest BCUT2D eigenvalue weighted by Crippen LogP contribution is 2.32. The second kappa shape index (κ2) is 11.8. The van der Waals surface area contributed by atoms with Crippen molar-refractivity contribution in [2.24, 2.45) is 5.92 Å². The number of hydrogen-bond donors (Lipinski definition) is 1. The molecule has 0 bridgehead atoms. The van der Waals surface area contributed by atoms with Crippen molar-refractivity contribution in [3.8, 4) is 5.75 Å². The van der Waals surface area contributed by atoms with Crippen molar-refractivity contribution in [1.29, 1.82) is 0 Å². The number of amides is 1. The maximum atomic E-state index is 12.9. The molecule has 4 aromatic rings. The molecule has 2 heterocycles. The van der Waals surface area contributed by atoms with Crippen LogP contribution in [0.25, 0.3) is 21.7 Å². The van der Waals surface area contributed by atoms with E-state index in [2.05, 4.69) is 65.8 Å². The molecule has 0 saturated carbocycles. The van der Waals surface area contributed by atoms with Gasteiger partial charge in [0.1, 0.15) is 24.2 Å². The Labute approximate surface area is 231 Å². The zero-order valence-corrected chi connectivity index (χ0v) is 23.6. The zero-order valence-electron chi connectivity index (χ0n) is 23.6. The van der Waals surface area contributed by atoms with Crippen molar-refractivity contribution < 1.29 is 14.6 Å². The molecule has 1 unspecified atom stereocenters. The van der Waals surface area contributed by atoms with Gasteiger partial charge in [0, 0.05) is 32.6 Å². The summed E-state index contributed by atoms with van der Waals surface area (Å²) in [7, 11) is 3.55. The van der Waals surface area contributed by atoms with Gasteiger partial charge < -0.3 is 24.2 Å². The van der Waals surface area contributed by atoms with E-state index in [0.29, 0.717) is 29.8 Å². The average Bonchev–Trinajstić information content (AvgIpc) is 3.29. The number of ether oxygens (including phenoxy) is 1. The lowest BCUT2D eigenvalue weighted by atomic mass is 9.88. The van der Waals surface area contributed by atoms with Crippen LogP contribution in [-0.4, -0.2) is 71.8 Å². The molecule has 1 N–H and O–H groups in total. The van der Waals surface area contributed by atoms with Gasteiger partial charge in [-0.25, -0.2) is 0 Å². The molecule has 0 radical (unpaired) electrons. The Morgan fingerprint density at radius 1 is 0.974 bits per heavy atom. The highest BCUT2D eigenvalue weighted by atomic mass is 16.5. The van der Waals surface area contributed by atoms with Crippen LogP contribution in [0, 0.1) is 5.92 Å². The first-order valence-electron chi connectivity index (χ1n) is 14.2. The minimum Gasteiger partial charge on any atom is -0.490 e. The maximum absolute atomic E-state index is 12.9. The van der Waals surface area contributed by atoms with Crippen LogP contribution < -0.4 is 4.74 Å². The number of carbonyl (C=O) groups excluding carboxylic acids is 1. The monoisotopic (exact) mass is 527 g/mol. The first kappa shape index (κ1) is 27.2. The minimum absolute atomic E-state index is 0.0232. The highest BCUT2D eigenvalue weighted by molar-refractivity contribution is 6.00.